The van der Waals surface area contributed by atoms with Gasteiger partial charge in [0.15, 0.2) is 0 Å². The van der Waals surface area contributed by atoms with Crippen molar-refractivity contribution in [2.45, 2.75) is 69.2 Å². The van der Waals surface area contributed by atoms with E-state index < -0.39 is 5.54 Å². The van der Waals surface area contributed by atoms with E-state index in [0.29, 0.717) is 24.1 Å². The predicted molar refractivity (Wildman–Crippen MR) is 75.2 cm³/mol. The lowest BCUT2D eigenvalue weighted by atomic mass is 9.90. The molecule has 0 aliphatic heterocycles. The number of amides is 1. The first kappa shape index (κ1) is 14.8. The molecule has 1 rings (SSSR count). The van der Waals surface area contributed by atoms with E-state index in [9.17, 15) is 4.79 Å². The maximum absolute atomic E-state index is 12.1. The standard InChI is InChI=1S/C13H26N2OS/c1-4-13(14,5-2)12(16)15-10-7-6-8-11(9-10)17-3/h10-11H,4-9,14H2,1-3H3,(H,15,16). The van der Waals surface area contributed by atoms with Gasteiger partial charge in [-0.2, -0.15) is 11.8 Å². The van der Waals surface area contributed by atoms with Crippen LogP contribution in [0.5, 0.6) is 0 Å². The molecule has 1 aliphatic carbocycles. The van der Waals surface area contributed by atoms with Gasteiger partial charge in [-0.1, -0.05) is 20.3 Å². The van der Waals surface area contributed by atoms with Gasteiger partial charge in [-0.25, -0.2) is 0 Å². The van der Waals surface area contributed by atoms with Crippen LogP contribution in [0.1, 0.15) is 52.4 Å². The molecule has 0 spiro atoms. The summed E-state index contributed by atoms with van der Waals surface area (Å²) >= 11 is 1.91. The number of rotatable bonds is 5. The Balaban J connectivity index is 2.50. The summed E-state index contributed by atoms with van der Waals surface area (Å²) in [6, 6.07) is 0.328. The minimum Gasteiger partial charge on any atom is -0.352 e. The Hall–Kier alpha value is -0.220. The molecule has 1 amide bonds. The predicted octanol–water partition coefficient (Wildman–Crippen LogP) is 2.29. The highest BCUT2D eigenvalue weighted by Crippen LogP contribution is 2.27. The highest BCUT2D eigenvalue weighted by molar-refractivity contribution is 7.99. The molecule has 1 saturated carbocycles. The largest absolute Gasteiger partial charge is 0.352 e. The van der Waals surface area contributed by atoms with Gasteiger partial charge in [0.25, 0.3) is 0 Å². The molecule has 1 aliphatic rings. The Labute approximate surface area is 109 Å². The molecule has 0 aromatic rings. The first-order valence-corrected chi connectivity index (χ1v) is 7.97. The molecular formula is C13H26N2OS. The van der Waals surface area contributed by atoms with Crippen molar-refractivity contribution in [3.05, 3.63) is 0 Å². The molecule has 0 aromatic heterocycles. The van der Waals surface area contributed by atoms with Gasteiger partial charge in [-0.3, -0.25) is 4.79 Å². The summed E-state index contributed by atoms with van der Waals surface area (Å²) in [4.78, 5) is 12.1. The maximum Gasteiger partial charge on any atom is 0.240 e. The molecule has 2 atom stereocenters. The molecule has 3 nitrogen and oxygen atoms in total. The van der Waals surface area contributed by atoms with Crippen molar-refractivity contribution in [2.75, 3.05) is 6.26 Å². The van der Waals surface area contributed by atoms with Crippen molar-refractivity contribution in [3.63, 3.8) is 0 Å². The van der Waals surface area contributed by atoms with Crippen LogP contribution in [-0.4, -0.2) is 29.0 Å². The minimum atomic E-state index is -0.674. The van der Waals surface area contributed by atoms with Crippen molar-refractivity contribution in [1.29, 1.82) is 0 Å². The second kappa shape index (κ2) is 6.64. The molecule has 0 saturated heterocycles. The number of nitrogens with one attached hydrogen (secondary N) is 1. The Morgan fingerprint density at radius 2 is 2.06 bits per heavy atom. The van der Waals surface area contributed by atoms with Crippen LogP contribution < -0.4 is 11.1 Å². The lowest BCUT2D eigenvalue weighted by molar-refractivity contribution is -0.127. The number of hydrogen-bond donors (Lipinski definition) is 2. The first-order valence-electron chi connectivity index (χ1n) is 6.68. The molecule has 0 heterocycles. The van der Waals surface area contributed by atoms with E-state index in [1.54, 1.807) is 0 Å². The highest BCUT2D eigenvalue weighted by Gasteiger charge is 2.32. The second-order valence-corrected chi connectivity index (χ2v) is 6.20. The van der Waals surface area contributed by atoms with Crippen molar-refractivity contribution < 1.29 is 4.79 Å². The van der Waals surface area contributed by atoms with E-state index in [4.69, 9.17) is 5.73 Å². The number of nitrogens with two attached hydrogens (primary N) is 1. The third-order valence-corrected chi connectivity index (χ3v) is 5.10. The van der Waals surface area contributed by atoms with E-state index in [0.717, 1.165) is 12.8 Å². The maximum atomic E-state index is 12.1. The van der Waals surface area contributed by atoms with Gasteiger partial charge in [-0.15, -0.1) is 0 Å². The van der Waals surface area contributed by atoms with Crippen LogP contribution in [0.3, 0.4) is 0 Å². The van der Waals surface area contributed by atoms with E-state index in [1.807, 2.05) is 25.6 Å². The van der Waals surface area contributed by atoms with Gasteiger partial charge in [0.2, 0.25) is 5.91 Å². The van der Waals surface area contributed by atoms with Crippen LogP contribution in [0.2, 0.25) is 0 Å². The van der Waals surface area contributed by atoms with Gasteiger partial charge in [-0.05, 0) is 38.4 Å². The van der Waals surface area contributed by atoms with Crippen molar-refractivity contribution in [1.82, 2.24) is 5.32 Å². The van der Waals surface area contributed by atoms with Crippen LogP contribution in [0.25, 0.3) is 0 Å². The zero-order chi connectivity index (χ0) is 12.9. The smallest absolute Gasteiger partial charge is 0.240 e. The fraction of sp³-hybridized carbons (Fsp3) is 0.923. The van der Waals surface area contributed by atoms with Crippen LogP contribution in [0.4, 0.5) is 0 Å². The van der Waals surface area contributed by atoms with E-state index >= 15 is 0 Å². The van der Waals surface area contributed by atoms with E-state index in [2.05, 4.69) is 11.6 Å². The minimum absolute atomic E-state index is 0.0363. The summed E-state index contributed by atoms with van der Waals surface area (Å²) in [5.41, 5.74) is 5.43. The van der Waals surface area contributed by atoms with Crippen molar-refractivity contribution in [3.8, 4) is 0 Å². The quantitative estimate of drug-likeness (QED) is 0.795. The normalized spacial score (nSPS) is 25.6. The molecule has 17 heavy (non-hydrogen) atoms. The van der Waals surface area contributed by atoms with Crippen LogP contribution in [0.15, 0.2) is 0 Å². The molecule has 1 fully saturated rings. The van der Waals surface area contributed by atoms with Gasteiger partial charge in [0, 0.05) is 11.3 Å². The fourth-order valence-electron chi connectivity index (χ4n) is 2.39. The first-order chi connectivity index (χ1) is 8.05. The number of carbonyl (C=O) groups is 1. The zero-order valence-corrected chi connectivity index (χ0v) is 12.1. The van der Waals surface area contributed by atoms with E-state index in [1.165, 1.54) is 12.8 Å². The fourth-order valence-corrected chi connectivity index (χ4v) is 3.22. The number of carbonyl (C=O) groups excluding carboxylic acids is 1. The summed E-state index contributed by atoms with van der Waals surface area (Å²) in [6.07, 6.45) is 8.25. The Kier molecular flexibility index (Phi) is 5.80. The summed E-state index contributed by atoms with van der Waals surface area (Å²) < 4.78 is 0. The summed E-state index contributed by atoms with van der Waals surface area (Å²) in [6.45, 7) is 3.96. The van der Waals surface area contributed by atoms with Gasteiger partial charge in [0.1, 0.15) is 0 Å². The average Bonchev–Trinajstić information content (AvgIpc) is 2.37. The summed E-state index contributed by atoms with van der Waals surface area (Å²) in [5.74, 6) is 0.0363. The topological polar surface area (TPSA) is 55.1 Å². The molecule has 2 unspecified atom stereocenters. The average molecular weight is 258 g/mol. The summed E-state index contributed by atoms with van der Waals surface area (Å²) in [5, 5.41) is 3.85. The van der Waals surface area contributed by atoms with Gasteiger partial charge < -0.3 is 11.1 Å². The number of hydrogen-bond acceptors (Lipinski definition) is 3. The van der Waals surface area contributed by atoms with Crippen molar-refractivity contribution >= 4 is 17.7 Å². The molecule has 4 heteroatoms. The van der Waals surface area contributed by atoms with Crippen LogP contribution in [-0.2, 0) is 4.79 Å². The third-order valence-electron chi connectivity index (χ3n) is 4.01. The lowest BCUT2D eigenvalue weighted by Crippen LogP contribution is -2.56. The molecule has 0 radical (unpaired) electrons. The molecular weight excluding hydrogens is 232 g/mol. The SMILES string of the molecule is CCC(N)(CC)C(=O)NC1CCCC(SC)C1. The zero-order valence-electron chi connectivity index (χ0n) is 11.3. The second-order valence-electron chi connectivity index (χ2n) is 5.06. The highest BCUT2D eigenvalue weighted by atomic mass is 32.2. The number of thioether (sulfide) groups is 1. The lowest BCUT2D eigenvalue weighted by Gasteiger charge is -2.32. The summed E-state index contributed by atoms with van der Waals surface area (Å²) in [7, 11) is 0. The molecule has 100 valence electrons. The molecule has 0 aromatic carbocycles. The molecule has 3 N–H and O–H groups in total. The van der Waals surface area contributed by atoms with E-state index in [-0.39, 0.29) is 5.91 Å². The monoisotopic (exact) mass is 258 g/mol. The third kappa shape index (κ3) is 3.88. The Morgan fingerprint density at radius 1 is 1.41 bits per heavy atom. The van der Waals surface area contributed by atoms with Gasteiger partial charge in [0.05, 0.1) is 5.54 Å². The van der Waals surface area contributed by atoms with Crippen LogP contribution >= 0.6 is 11.8 Å². The Bertz CT molecular complexity index is 254. The molecule has 0 bridgehead atoms. The Morgan fingerprint density at radius 3 is 2.59 bits per heavy atom. The van der Waals surface area contributed by atoms with Crippen molar-refractivity contribution in [2.24, 2.45) is 5.73 Å². The van der Waals surface area contributed by atoms with Gasteiger partial charge >= 0.3 is 0 Å². The van der Waals surface area contributed by atoms with Crippen LogP contribution in [0, 0.1) is 0 Å².